The quantitative estimate of drug-likeness (QED) is 0.161. The van der Waals surface area contributed by atoms with E-state index in [1.165, 1.54) is 60.1 Å². The Balaban J connectivity index is 1.13. The molecule has 0 atom stereocenters. The second kappa shape index (κ2) is 12.9. The van der Waals surface area contributed by atoms with Crippen molar-refractivity contribution in [2.75, 3.05) is 0 Å². The van der Waals surface area contributed by atoms with Crippen molar-refractivity contribution < 1.29 is 0 Å². The second-order valence-electron chi connectivity index (χ2n) is 15.1. The molecule has 0 aliphatic rings. The normalized spacial score (nSPS) is 11.8. The molecule has 12 rings (SSSR count). The molecule has 12 aromatic rings. The molecule has 0 amide bonds. The lowest BCUT2D eigenvalue weighted by atomic mass is 9.91. The minimum atomic E-state index is 0.993. The van der Waals surface area contributed by atoms with E-state index in [9.17, 15) is 0 Å². The van der Waals surface area contributed by atoms with Gasteiger partial charge in [-0.2, -0.15) is 0 Å². The fourth-order valence-electron chi connectivity index (χ4n) is 9.35. The summed E-state index contributed by atoms with van der Waals surface area (Å²) in [5.74, 6) is 0. The molecule has 3 heterocycles. The van der Waals surface area contributed by atoms with Crippen LogP contribution in [0.15, 0.2) is 212 Å². The molecule has 0 saturated heterocycles. The van der Waals surface area contributed by atoms with Gasteiger partial charge in [0.25, 0.3) is 0 Å². The second-order valence-corrected chi connectivity index (χ2v) is 15.1. The summed E-state index contributed by atoms with van der Waals surface area (Å²) in [6.45, 7) is 0. The molecule has 9 aromatic carbocycles. The average molecular weight is 738 g/mol. The molecule has 3 heteroatoms. The van der Waals surface area contributed by atoms with Gasteiger partial charge in [0.2, 0.25) is 0 Å². The molecule has 3 nitrogen and oxygen atoms in total. The van der Waals surface area contributed by atoms with E-state index in [1.807, 2.05) is 0 Å². The smallest absolute Gasteiger partial charge is 0.0788 e. The highest BCUT2D eigenvalue weighted by Gasteiger charge is 2.19. The van der Waals surface area contributed by atoms with Crippen LogP contribution >= 0.6 is 0 Å². The Morgan fingerprint density at radius 3 is 1.33 bits per heavy atom. The van der Waals surface area contributed by atoms with Gasteiger partial charge in [-0.1, -0.05) is 158 Å². The summed E-state index contributed by atoms with van der Waals surface area (Å²) in [7, 11) is 0. The van der Waals surface area contributed by atoms with Gasteiger partial charge in [0.1, 0.15) is 0 Å². The highest BCUT2D eigenvalue weighted by atomic mass is 15.0. The summed E-state index contributed by atoms with van der Waals surface area (Å²) in [5, 5.41) is 8.50. The van der Waals surface area contributed by atoms with Gasteiger partial charge >= 0.3 is 0 Å². The summed E-state index contributed by atoms with van der Waals surface area (Å²) in [6, 6.07) is 77.0. The summed E-state index contributed by atoms with van der Waals surface area (Å²) >= 11 is 0. The molecule has 3 aromatic heterocycles. The van der Waals surface area contributed by atoms with E-state index in [4.69, 9.17) is 4.98 Å². The third kappa shape index (κ3) is 4.97. The first-order valence-electron chi connectivity index (χ1n) is 19.9. The number of pyridine rings is 1. The van der Waals surface area contributed by atoms with E-state index in [0.29, 0.717) is 0 Å². The van der Waals surface area contributed by atoms with Crippen LogP contribution in [0.1, 0.15) is 0 Å². The third-order valence-corrected chi connectivity index (χ3v) is 11.9. The Hall–Kier alpha value is -7.75. The molecule has 0 unspecified atom stereocenters. The summed E-state index contributed by atoms with van der Waals surface area (Å²) in [6.07, 6.45) is 0. The molecule has 0 aliphatic carbocycles. The molecule has 0 radical (unpaired) electrons. The van der Waals surface area contributed by atoms with E-state index in [-0.39, 0.29) is 0 Å². The Labute approximate surface area is 335 Å². The van der Waals surface area contributed by atoms with Gasteiger partial charge in [-0.05, 0) is 76.9 Å². The van der Waals surface area contributed by atoms with Crippen LogP contribution in [0, 0.1) is 0 Å². The summed E-state index contributed by atoms with van der Waals surface area (Å²) in [5.41, 5.74) is 14.8. The number of rotatable bonds is 5. The Bertz CT molecular complexity index is 3330. The van der Waals surface area contributed by atoms with Crippen molar-refractivity contribution in [1.29, 1.82) is 0 Å². The largest absolute Gasteiger partial charge is 0.309 e. The van der Waals surface area contributed by atoms with Crippen LogP contribution in [-0.2, 0) is 0 Å². The summed E-state index contributed by atoms with van der Waals surface area (Å²) in [4.78, 5) is 5.22. The maximum atomic E-state index is 5.22. The Morgan fingerprint density at radius 2 is 0.741 bits per heavy atom. The van der Waals surface area contributed by atoms with E-state index < -0.39 is 0 Å². The van der Waals surface area contributed by atoms with Crippen LogP contribution in [0.3, 0.4) is 0 Å². The van der Waals surface area contributed by atoms with Crippen LogP contribution in [0.2, 0.25) is 0 Å². The lowest BCUT2D eigenvalue weighted by Crippen LogP contribution is -2.00. The zero-order chi connectivity index (χ0) is 38.2. The zero-order valence-electron chi connectivity index (χ0n) is 31.5. The van der Waals surface area contributed by atoms with E-state index in [1.54, 1.807) is 0 Å². The van der Waals surface area contributed by atoms with Gasteiger partial charge in [0.05, 0.1) is 33.3 Å². The van der Waals surface area contributed by atoms with Gasteiger partial charge in [0, 0.05) is 54.6 Å². The maximum absolute atomic E-state index is 5.22. The number of hydrogen-bond donors (Lipinski definition) is 0. The molecule has 0 bridgehead atoms. The first kappa shape index (κ1) is 32.5. The first-order chi connectivity index (χ1) is 28.8. The molecule has 0 saturated carbocycles. The average Bonchev–Trinajstić information content (AvgIpc) is 3.82. The van der Waals surface area contributed by atoms with Gasteiger partial charge in [-0.3, -0.25) is 0 Å². The zero-order valence-corrected chi connectivity index (χ0v) is 31.5. The van der Waals surface area contributed by atoms with Crippen LogP contribution in [0.5, 0.6) is 0 Å². The van der Waals surface area contributed by atoms with Gasteiger partial charge in [-0.25, -0.2) is 4.98 Å². The molecular weight excluding hydrogens is 703 g/mol. The van der Waals surface area contributed by atoms with Crippen molar-refractivity contribution in [2.45, 2.75) is 0 Å². The Kier molecular flexibility index (Phi) is 7.23. The van der Waals surface area contributed by atoms with Crippen LogP contribution in [0.4, 0.5) is 0 Å². The predicted molar refractivity (Wildman–Crippen MR) is 244 cm³/mol. The predicted octanol–water partition coefficient (Wildman–Crippen LogP) is 14.6. The molecule has 0 aliphatic heterocycles. The minimum Gasteiger partial charge on any atom is -0.309 e. The van der Waals surface area contributed by atoms with Crippen LogP contribution < -0.4 is 0 Å². The van der Waals surface area contributed by atoms with Crippen molar-refractivity contribution in [3.05, 3.63) is 212 Å². The lowest BCUT2D eigenvalue weighted by molar-refractivity contribution is 1.13. The van der Waals surface area contributed by atoms with E-state index in [0.717, 1.165) is 50.0 Å². The van der Waals surface area contributed by atoms with Crippen molar-refractivity contribution in [3.8, 4) is 44.9 Å². The highest BCUT2D eigenvalue weighted by Crippen LogP contribution is 2.41. The maximum Gasteiger partial charge on any atom is 0.0788 e. The molecular formula is C55H35N3. The minimum absolute atomic E-state index is 0.993. The molecule has 270 valence electrons. The Morgan fingerprint density at radius 1 is 0.293 bits per heavy atom. The molecule has 0 N–H and O–H groups in total. The monoisotopic (exact) mass is 737 g/mol. The van der Waals surface area contributed by atoms with Crippen molar-refractivity contribution in [2.24, 2.45) is 0 Å². The molecule has 0 spiro atoms. The molecule has 0 fully saturated rings. The number of nitrogens with zero attached hydrogens (tertiary/aromatic N) is 3. The first-order valence-corrected chi connectivity index (χ1v) is 19.9. The van der Waals surface area contributed by atoms with Crippen LogP contribution in [0.25, 0.3) is 110 Å². The van der Waals surface area contributed by atoms with Gasteiger partial charge < -0.3 is 9.13 Å². The van der Waals surface area contributed by atoms with Gasteiger partial charge in [0.15, 0.2) is 0 Å². The number of aromatic nitrogens is 3. The fraction of sp³-hybridized carbons (Fsp3) is 0. The number of para-hydroxylation sites is 5. The lowest BCUT2D eigenvalue weighted by Gasteiger charge is -2.17. The van der Waals surface area contributed by atoms with Crippen LogP contribution in [-0.4, -0.2) is 14.1 Å². The van der Waals surface area contributed by atoms with E-state index >= 15 is 0 Å². The summed E-state index contributed by atoms with van der Waals surface area (Å²) < 4.78 is 4.87. The van der Waals surface area contributed by atoms with Gasteiger partial charge in [-0.15, -0.1) is 0 Å². The number of benzene rings is 9. The topological polar surface area (TPSA) is 22.8 Å². The van der Waals surface area contributed by atoms with Crippen molar-refractivity contribution in [1.82, 2.24) is 14.1 Å². The molecule has 58 heavy (non-hydrogen) atoms. The third-order valence-electron chi connectivity index (χ3n) is 11.9. The SMILES string of the molecule is c1ccc(-c2nc3ccccc3c3c(-c4cccc(-c5cc(-n6c7ccccc7c7ccccc76)cc(-n6c7ccccc7c7ccccc76)c5)c4)cccc23)cc1. The number of fused-ring (bicyclic) bond motifs is 9. The highest BCUT2D eigenvalue weighted by molar-refractivity contribution is 6.17. The van der Waals surface area contributed by atoms with Crippen molar-refractivity contribution in [3.63, 3.8) is 0 Å². The fourth-order valence-corrected chi connectivity index (χ4v) is 9.35. The van der Waals surface area contributed by atoms with Crippen molar-refractivity contribution >= 4 is 65.3 Å². The number of hydrogen-bond acceptors (Lipinski definition) is 1. The standard InChI is InChI=1S/C55H35N3/c1-2-16-36(17-3-1)55-48-26-15-25-42(54(48)47-24-4-9-27-49(47)56-55)38-19-14-18-37(32-38)39-33-40(57-50-28-10-5-20-43(50)44-21-6-11-29-51(44)57)35-41(34-39)58-52-30-12-7-22-45(52)46-23-8-13-31-53(46)58/h1-35H. The van der Waals surface area contributed by atoms with E-state index in [2.05, 4.69) is 221 Å².